The average Bonchev–Trinajstić information content (AvgIpc) is 2.41. The molecule has 2 nitrogen and oxygen atoms in total. The molecular weight excluding hydrogens is 201 g/mol. The molecule has 0 amide bonds. The molecule has 0 bridgehead atoms. The quantitative estimate of drug-likeness (QED) is 0.767. The fourth-order valence-corrected chi connectivity index (χ4v) is 3.49. The van der Waals surface area contributed by atoms with Crippen LogP contribution in [-0.2, 0) is 10.8 Å². The Morgan fingerprint density at radius 1 is 1.50 bits per heavy atom. The Morgan fingerprint density at radius 2 is 2.21 bits per heavy atom. The number of hydrogen-bond acceptors (Lipinski definition) is 2. The first-order chi connectivity index (χ1) is 6.65. The molecule has 2 rings (SSSR count). The SMILES string of the molecule is CNC1c2ccc(F)cc2S(=O)C1C. The van der Waals surface area contributed by atoms with Crippen LogP contribution < -0.4 is 5.32 Å². The highest BCUT2D eigenvalue weighted by Gasteiger charge is 2.34. The van der Waals surface area contributed by atoms with Crippen molar-refractivity contribution in [1.82, 2.24) is 5.32 Å². The molecule has 3 unspecified atom stereocenters. The standard InChI is InChI=1S/C10H12FNOS/c1-6-10(12-2)8-4-3-7(11)5-9(8)14(6)13/h3-6,10,12H,1-2H3. The molecule has 0 radical (unpaired) electrons. The Balaban J connectivity index is 2.55. The molecule has 1 heterocycles. The molecule has 1 aliphatic rings. The maximum atomic E-state index is 12.9. The molecule has 1 aliphatic heterocycles. The van der Waals surface area contributed by atoms with E-state index in [0.717, 1.165) is 5.56 Å². The Hall–Kier alpha value is -0.740. The molecule has 1 aromatic carbocycles. The molecule has 0 fully saturated rings. The number of hydrogen-bond donors (Lipinski definition) is 1. The fourth-order valence-electron chi connectivity index (χ4n) is 1.91. The topological polar surface area (TPSA) is 29.1 Å². The van der Waals surface area contributed by atoms with Gasteiger partial charge in [0.1, 0.15) is 5.82 Å². The monoisotopic (exact) mass is 213 g/mol. The van der Waals surface area contributed by atoms with E-state index in [0.29, 0.717) is 4.90 Å². The number of nitrogens with one attached hydrogen (secondary N) is 1. The molecule has 3 atom stereocenters. The van der Waals surface area contributed by atoms with Gasteiger partial charge in [-0.2, -0.15) is 0 Å². The van der Waals surface area contributed by atoms with Crippen molar-refractivity contribution in [2.45, 2.75) is 23.1 Å². The molecule has 0 saturated carbocycles. The van der Waals surface area contributed by atoms with Crippen molar-refractivity contribution in [1.29, 1.82) is 0 Å². The normalized spacial score (nSPS) is 30.4. The average molecular weight is 213 g/mol. The molecule has 0 aromatic heterocycles. The second-order valence-electron chi connectivity index (χ2n) is 3.45. The molecule has 76 valence electrons. The van der Waals surface area contributed by atoms with Crippen molar-refractivity contribution in [3.63, 3.8) is 0 Å². The van der Waals surface area contributed by atoms with Crippen LogP contribution in [0, 0.1) is 5.82 Å². The highest BCUT2D eigenvalue weighted by atomic mass is 32.2. The summed E-state index contributed by atoms with van der Waals surface area (Å²) in [4.78, 5) is 0.636. The van der Waals surface area contributed by atoms with Gasteiger partial charge in [-0.3, -0.25) is 4.21 Å². The summed E-state index contributed by atoms with van der Waals surface area (Å²) < 4.78 is 24.8. The molecule has 0 saturated heterocycles. The summed E-state index contributed by atoms with van der Waals surface area (Å²) in [6.07, 6.45) is 0. The van der Waals surface area contributed by atoms with E-state index in [1.54, 1.807) is 6.07 Å². The molecule has 1 aromatic rings. The number of benzene rings is 1. The highest BCUT2D eigenvalue weighted by Crippen LogP contribution is 2.36. The minimum absolute atomic E-state index is 0.0109. The second kappa shape index (κ2) is 3.44. The van der Waals surface area contributed by atoms with Gasteiger partial charge in [0, 0.05) is 10.9 Å². The number of fused-ring (bicyclic) bond motifs is 1. The van der Waals surface area contributed by atoms with Crippen molar-refractivity contribution >= 4 is 10.8 Å². The van der Waals surface area contributed by atoms with Crippen molar-refractivity contribution in [3.05, 3.63) is 29.6 Å². The van der Waals surface area contributed by atoms with Crippen molar-refractivity contribution in [2.75, 3.05) is 7.05 Å². The van der Waals surface area contributed by atoms with Gasteiger partial charge in [-0.05, 0) is 31.7 Å². The Bertz CT molecular complexity index is 394. The Kier molecular flexibility index (Phi) is 2.41. The maximum Gasteiger partial charge on any atom is 0.124 e. The summed E-state index contributed by atoms with van der Waals surface area (Å²) in [6, 6.07) is 4.58. The summed E-state index contributed by atoms with van der Waals surface area (Å²) in [5.41, 5.74) is 0.958. The van der Waals surface area contributed by atoms with E-state index in [-0.39, 0.29) is 17.1 Å². The summed E-state index contributed by atoms with van der Waals surface area (Å²) in [6.45, 7) is 1.91. The molecule has 4 heteroatoms. The van der Waals surface area contributed by atoms with Crippen LogP contribution in [0.5, 0.6) is 0 Å². The van der Waals surface area contributed by atoms with E-state index in [1.807, 2.05) is 14.0 Å². The third kappa shape index (κ3) is 1.29. The lowest BCUT2D eigenvalue weighted by atomic mass is 10.1. The highest BCUT2D eigenvalue weighted by molar-refractivity contribution is 7.86. The van der Waals surface area contributed by atoms with Crippen molar-refractivity contribution < 1.29 is 8.60 Å². The lowest BCUT2D eigenvalue weighted by Crippen LogP contribution is -2.24. The van der Waals surface area contributed by atoms with Crippen LogP contribution in [0.2, 0.25) is 0 Å². The van der Waals surface area contributed by atoms with E-state index >= 15 is 0 Å². The third-order valence-electron chi connectivity index (χ3n) is 2.65. The largest absolute Gasteiger partial charge is 0.312 e. The maximum absolute atomic E-state index is 12.9. The zero-order valence-electron chi connectivity index (χ0n) is 8.08. The number of halogens is 1. The van der Waals surface area contributed by atoms with E-state index in [9.17, 15) is 8.60 Å². The molecule has 0 spiro atoms. The first-order valence-electron chi connectivity index (χ1n) is 4.52. The van der Waals surface area contributed by atoms with Gasteiger partial charge in [0.05, 0.1) is 16.0 Å². The predicted molar refractivity (Wildman–Crippen MR) is 54.1 cm³/mol. The van der Waals surface area contributed by atoms with Crippen LogP contribution >= 0.6 is 0 Å². The molecule has 1 N–H and O–H groups in total. The molecular formula is C10H12FNOS. The van der Waals surface area contributed by atoms with Crippen LogP contribution in [0.15, 0.2) is 23.1 Å². The van der Waals surface area contributed by atoms with E-state index in [1.165, 1.54) is 12.1 Å². The van der Waals surface area contributed by atoms with Gasteiger partial charge >= 0.3 is 0 Å². The van der Waals surface area contributed by atoms with E-state index in [2.05, 4.69) is 5.32 Å². The van der Waals surface area contributed by atoms with E-state index < -0.39 is 10.8 Å². The fraction of sp³-hybridized carbons (Fsp3) is 0.400. The lowest BCUT2D eigenvalue weighted by Gasteiger charge is -2.13. The smallest absolute Gasteiger partial charge is 0.124 e. The van der Waals surface area contributed by atoms with Crippen LogP contribution in [0.25, 0.3) is 0 Å². The van der Waals surface area contributed by atoms with Gasteiger partial charge in [0.25, 0.3) is 0 Å². The van der Waals surface area contributed by atoms with Crippen LogP contribution in [-0.4, -0.2) is 16.5 Å². The van der Waals surface area contributed by atoms with Gasteiger partial charge in [-0.15, -0.1) is 0 Å². The van der Waals surface area contributed by atoms with Crippen molar-refractivity contribution in [3.8, 4) is 0 Å². The van der Waals surface area contributed by atoms with Gasteiger partial charge in [-0.1, -0.05) is 6.07 Å². The van der Waals surface area contributed by atoms with Crippen LogP contribution in [0.1, 0.15) is 18.5 Å². The predicted octanol–water partition coefficient (Wildman–Crippen LogP) is 1.60. The van der Waals surface area contributed by atoms with Gasteiger partial charge in [0.15, 0.2) is 0 Å². The zero-order valence-corrected chi connectivity index (χ0v) is 8.90. The number of rotatable bonds is 1. The zero-order chi connectivity index (χ0) is 10.3. The summed E-state index contributed by atoms with van der Waals surface area (Å²) in [5.74, 6) is -0.318. The van der Waals surface area contributed by atoms with E-state index in [4.69, 9.17) is 0 Å². The first-order valence-corrected chi connectivity index (χ1v) is 5.73. The second-order valence-corrected chi connectivity index (χ2v) is 5.23. The van der Waals surface area contributed by atoms with Gasteiger partial charge < -0.3 is 5.32 Å². The molecule has 14 heavy (non-hydrogen) atoms. The minimum Gasteiger partial charge on any atom is -0.312 e. The van der Waals surface area contributed by atoms with Crippen LogP contribution in [0.4, 0.5) is 4.39 Å². The van der Waals surface area contributed by atoms with Crippen molar-refractivity contribution in [2.24, 2.45) is 0 Å². The van der Waals surface area contributed by atoms with Crippen LogP contribution in [0.3, 0.4) is 0 Å². The lowest BCUT2D eigenvalue weighted by molar-refractivity contribution is 0.581. The molecule has 0 aliphatic carbocycles. The minimum atomic E-state index is -1.09. The summed E-state index contributed by atoms with van der Waals surface area (Å²) >= 11 is 0. The summed E-state index contributed by atoms with van der Waals surface area (Å²) in [7, 11) is 0.745. The Labute approximate surface area is 85.0 Å². The Morgan fingerprint density at radius 3 is 2.86 bits per heavy atom. The van der Waals surface area contributed by atoms with Gasteiger partial charge in [-0.25, -0.2) is 4.39 Å². The van der Waals surface area contributed by atoms with Gasteiger partial charge in [0.2, 0.25) is 0 Å². The summed E-state index contributed by atoms with van der Waals surface area (Å²) in [5, 5.41) is 3.12. The third-order valence-corrected chi connectivity index (χ3v) is 4.38. The first kappa shape index (κ1) is 9.80.